The highest BCUT2D eigenvalue weighted by Gasteiger charge is 2.43. The molecule has 1 atom stereocenters. The molecule has 3 aromatic rings. The number of aryl methyl sites for hydroxylation is 1. The minimum absolute atomic E-state index is 0.159. The van der Waals surface area contributed by atoms with Crippen molar-refractivity contribution in [3.8, 4) is 11.1 Å². The molecule has 4 nitrogen and oxygen atoms in total. The number of aliphatic carboxylic acids is 1. The van der Waals surface area contributed by atoms with Gasteiger partial charge in [0.1, 0.15) is 11.5 Å². The zero-order valence-electron chi connectivity index (χ0n) is 21.9. The summed E-state index contributed by atoms with van der Waals surface area (Å²) < 4.78 is 93.1. The minimum Gasteiger partial charge on any atom is -0.481 e. The standard InChI is InChI=1S/C27H21F7N2O2.C2H6/c1-15-10-17(4-8-21(15)22-12-18(26(29,30)31)5-9-23(22)28)11-16-2-6-19(7-3-16)36-20(14-25(37)38)13-24(35-36)27(32,33)34;1-2/h2-10,12,20H,11,13-14H2,1H3,(H,37,38);1-2H3. The second kappa shape index (κ2) is 12.1. The summed E-state index contributed by atoms with van der Waals surface area (Å²) in [4.78, 5) is 11.1. The molecular formula is C29H27F7N2O2. The molecule has 0 bridgehead atoms. The van der Waals surface area contributed by atoms with E-state index < -0.39 is 54.3 Å². The predicted octanol–water partition coefficient (Wildman–Crippen LogP) is 8.41. The number of hydrogen-bond donors (Lipinski definition) is 1. The number of rotatable bonds is 6. The van der Waals surface area contributed by atoms with Gasteiger partial charge in [-0.25, -0.2) is 4.39 Å². The van der Waals surface area contributed by atoms with E-state index in [4.69, 9.17) is 5.11 Å². The smallest absolute Gasteiger partial charge is 0.431 e. The van der Waals surface area contributed by atoms with Crippen molar-refractivity contribution in [3.05, 3.63) is 88.7 Å². The van der Waals surface area contributed by atoms with E-state index in [2.05, 4.69) is 5.10 Å². The van der Waals surface area contributed by atoms with E-state index in [0.29, 0.717) is 29.3 Å². The van der Waals surface area contributed by atoms with Gasteiger partial charge in [0.2, 0.25) is 0 Å². The molecule has 1 aliphatic heterocycles. The van der Waals surface area contributed by atoms with Crippen molar-refractivity contribution < 1.29 is 40.6 Å². The Bertz CT molecular complexity index is 1380. The first-order chi connectivity index (χ1) is 18.7. The molecule has 0 amide bonds. The average molecular weight is 569 g/mol. The maximum atomic E-state index is 14.3. The van der Waals surface area contributed by atoms with Crippen LogP contribution in [-0.2, 0) is 17.4 Å². The van der Waals surface area contributed by atoms with Crippen LogP contribution in [0.2, 0.25) is 0 Å². The topological polar surface area (TPSA) is 52.9 Å². The van der Waals surface area contributed by atoms with Gasteiger partial charge in [0.25, 0.3) is 0 Å². The third-order valence-electron chi connectivity index (χ3n) is 6.22. The molecule has 0 radical (unpaired) electrons. The highest BCUT2D eigenvalue weighted by atomic mass is 19.4. The van der Waals surface area contributed by atoms with E-state index >= 15 is 0 Å². The van der Waals surface area contributed by atoms with Crippen molar-refractivity contribution in [1.29, 1.82) is 0 Å². The number of hydrazone groups is 1. The lowest BCUT2D eigenvalue weighted by atomic mass is 9.94. The van der Waals surface area contributed by atoms with Crippen molar-refractivity contribution in [2.75, 3.05) is 5.01 Å². The van der Waals surface area contributed by atoms with E-state index in [-0.39, 0.29) is 5.56 Å². The zero-order valence-corrected chi connectivity index (χ0v) is 21.9. The summed E-state index contributed by atoms with van der Waals surface area (Å²) in [5.74, 6) is -2.01. The van der Waals surface area contributed by atoms with Gasteiger partial charge in [-0.3, -0.25) is 9.80 Å². The average Bonchev–Trinajstić information content (AvgIpc) is 3.29. The molecule has 0 aliphatic carbocycles. The van der Waals surface area contributed by atoms with Gasteiger partial charge in [-0.2, -0.15) is 31.4 Å². The summed E-state index contributed by atoms with van der Waals surface area (Å²) in [6.45, 7) is 5.66. The maximum Gasteiger partial charge on any atom is 0.431 e. The first-order valence-electron chi connectivity index (χ1n) is 12.4. The second-order valence-corrected chi connectivity index (χ2v) is 9.03. The lowest BCUT2D eigenvalue weighted by Crippen LogP contribution is -2.29. The van der Waals surface area contributed by atoms with Gasteiger partial charge < -0.3 is 5.11 Å². The maximum absolute atomic E-state index is 14.3. The summed E-state index contributed by atoms with van der Waals surface area (Å²) in [7, 11) is 0. The molecule has 4 rings (SSSR count). The van der Waals surface area contributed by atoms with E-state index in [1.807, 2.05) is 13.8 Å². The van der Waals surface area contributed by atoms with Crippen LogP contribution in [0.4, 0.5) is 36.4 Å². The normalized spacial score (nSPS) is 15.4. The van der Waals surface area contributed by atoms with Crippen LogP contribution in [0, 0.1) is 12.7 Å². The first-order valence-corrected chi connectivity index (χ1v) is 12.4. The number of nitrogens with zero attached hydrogens (tertiary/aromatic N) is 2. The van der Waals surface area contributed by atoms with Crippen LogP contribution in [0.15, 0.2) is 65.8 Å². The Hall–Kier alpha value is -3.89. The van der Waals surface area contributed by atoms with Crippen LogP contribution < -0.4 is 5.01 Å². The summed E-state index contributed by atoms with van der Waals surface area (Å²) >= 11 is 0. The largest absolute Gasteiger partial charge is 0.481 e. The van der Waals surface area contributed by atoms with Crippen molar-refractivity contribution in [2.45, 2.75) is 58.4 Å². The number of hydrogen-bond acceptors (Lipinski definition) is 3. The number of anilines is 1. The number of carboxylic acids is 1. The predicted molar refractivity (Wildman–Crippen MR) is 139 cm³/mol. The van der Waals surface area contributed by atoms with Crippen LogP contribution in [-0.4, -0.2) is 29.0 Å². The van der Waals surface area contributed by atoms with Crippen molar-refractivity contribution in [2.24, 2.45) is 5.10 Å². The molecule has 1 unspecified atom stereocenters. The fourth-order valence-electron chi connectivity index (χ4n) is 4.41. The minimum atomic E-state index is -4.66. The van der Waals surface area contributed by atoms with E-state index in [1.165, 1.54) is 0 Å². The molecule has 11 heteroatoms. The van der Waals surface area contributed by atoms with Crippen LogP contribution in [0.25, 0.3) is 11.1 Å². The summed E-state index contributed by atoms with van der Waals surface area (Å²) in [6, 6.07) is 12.7. The second-order valence-electron chi connectivity index (χ2n) is 9.03. The Kier molecular flexibility index (Phi) is 9.27. The lowest BCUT2D eigenvalue weighted by molar-refractivity contribution is -0.138. The quantitative estimate of drug-likeness (QED) is 0.304. The third-order valence-corrected chi connectivity index (χ3v) is 6.22. The lowest BCUT2D eigenvalue weighted by Gasteiger charge is -2.22. The van der Waals surface area contributed by atoms with Gasteiger partial charge in [0, 0.05) is 12.0 Å². The molecule has 1 N–H and O–H groups in total. The molecule has 1 aliphatic rings. The van der Waals surface area contributed by atoms with Crippen molar-refractivity contribution in [1.82, 2.24) is 0 Å². The van der Waals surface area contributed by atoms with Crippen LogP contribution in [0.5, 0.6) is 0 Å². The number of carboxylic acid groups (broad SMARTS) is 1. The number of carbonyl (C=O) groups is 1. The number of alkyl halides is 6. The molecule has 214 valence electrons. The molecule has 3 aromatic carbocycles. The van der Waals surface area contributed by atoms with Crippen LogP contribution >= 0.6 is 0 Å². The molecule has 40 heavy (non-hydrogen) atoms. The van der Waals surface area contributed by atoms with Crippen molar-refractivity contribution >= 4 is 17.4 Å². The van der Waals surface area contributed by atoms with Gasteiger partial charge >= 0.3 is 18.3 Å². The SMILES string of the molecule is CC.Cc1cc(Cc2ccc(N3N=C(C(F)(F)F)CC3CC(=O)O)cc2)ccc1-c1cc(C(F)(F)F)ccc1F. The summed E-state index contributed by atoms with van der Waals surface area (Å²) in [5.41, 5.74) is 0.617. The van der Waals surface area contributed by atoms with Crippen LogP contribution in [0.3, 0.4) is 0 Å². The van der Waals surface area contributed by atoms with Gasteiger partial charge in [0.15, 0.2) is 0 Å². The Morgan fingerprint density at radius 1 is 0.900 bits per heavy atom. The Labute approximate surface area is 226 Å². The number of halogens is 7. The first kappa shape index (κ1) is 30.6. The van der Waals surface area contributed by atoms with Crippen LogP contribution in [0.1, 0.15) is 48.9 Å². The molecular weight excluding hydrogens is 541 g/mol. The third kappa shape index (κ3) is 7.19. The summed E-state index contributed by atoms with van der Waals surface area (Å²) in [5, 5.41) is 13.8. The monoisotopic (exact) mass is 568 g/mol. The Balaban J connectivity index is 0.00000216. The van der Waals surface area contributed by atoms with E-state index in [1.54, 1.807) is 49.4 Å². The Morgan fingerprint density at radius 2 is 1.52 bits per heavy atom. The van der Waals surface area contributed by atoms with Gasteiger partial charge in [-0.05, 0) is 65.9 Å². The summed E-state index contributed by atoms with van der Waals surface area (Å²) in [6.07, 6.45) is -9.92. The highest BCUT2D eigenvalue weighted by Crippen LogP contribution is 2.36. The Morgan fingerprint density at radius 3 is 2.08 bits per heavy atom. The fourth-order valence-corrected chi connectivity index (χ4v) is 4.41. The van der Waals surface area contributed by atoms with Gasteiger partial charge in [0.05, 0.1) is 23.7 Å². The van der Waals surface area contributed by atoms with E-state index in [0.717, 1.165) is 28.3 Å². The molecule has 0 saturated carbocycles. The molecule has 0 aromatic heterocycles. The zero-order chi connectivity index (χ0) is 29.8. The highest BCUT2D eigenvalue weighted by molar-refractivity contribution is 5.94. The molecule has 0 saturated heterocycles. The van der Waals surface area contributed by atoms with Gasteiger partial charge in [-0.15, -0.1) is 0 Å². The van der Waals surface area contributed by atoms with Gasteiger partial charge in [-0.1, -0.05) is 44.2 Å². The fraction of sp³-hybridized carbons (Fsp3) is 0.310. The molecule has 0 spiro atoms. The molecule has 0 fully saturated rings. The number of benzene rings is 3. The van der Waals surface area contributed by atoms with E-state index in [9.17, 15) is 35.5 Å². The van der Waals surface area contributed by atoms with Crippen molar-refractivity contribution in [3.63, 3.8) is 0 Å². The molecule has 1 heterocycles.